The van der Waals surface area contributed by atoms with Crippen molar-refractivity contribution in [3.05, 3.63) is 76.2 Å². The number of aromatic nitrogens is 1. The number of hydrogen-bond donors (Lipinski definition) is 1. The van der Waals surface area contributed by atoms with Gasteiger partial charge in [-0.2, -0.15) is 18.3 Å². The smallest absolute Gasteiger partial charge is 0.416 e. The summed E-state index contributed by atoms with van der Waals surface area (Å²) in [6.45, 7) is 0. The average Bonchev–Trinajstić information content (AvgIpc) is 3.10. The SMILES string of the molecule is O=[N+]([O-])c1cccnc1N/N=C\c1ccc(-c2cccc(C(F)(F)F)c2)o1. The number of nitrogens with one attached hydrogen (secondary N) is 1. The van der Waals surface area contributed by atoms with E-state index in [-0.39, 0.29) is 28.6 Å². The first-order valence-electron chi connectivity index (χ1n) is 7.50. The Labute approximate surface area is 150 Å². The number of nitro groups is 1. The van der Waals surface area contributed by atoms with Crippen LogP contribution in [0.1, 0.15) is 11.3 Å². The van der Waals surface area contributed by atoms with Crippen LogP contribution in [0.15, 0.2) is 64.2 Å². The van der Waals surface area contributed by atoms with Crippen LogP contribution >= 0.6 is 0 Å². The van der Waals surface area contributed by atoms with E-state index in [1.165, 1.54) is 48.8 Å². The second-order valence-electron chi connectivity index (χ2n) is 5.28. The van der Waals surface area contributed by atoms with Crippen molar-refractivity contribution in [2.75, 3.05) is 5.43 Å². The molecule has 0 bridgehead atoms. The monoisotopic (exact) mass is 376 g/mol. The molecule has 1 N–H and O–H groups in total. The highest BCUT2D eigenvalue weighted by molar-refractivity contribution is 5.78. The maximum Gasteiger partial charge on any atom is 0.416 e. The second kappa shape index (κ2) is 7.28. The van der Waals surface area contributed by atoms with Gasteiger partial charge in [0.1, 0.15) is 11.5 Å². The zero-order valence-corrected chi connectivity index (χ0v) is 13.5. The molecule has 27 heavy (non-hydrogen) atoms. The van der Waals surface area contributed by atoms with Gasteiger partial charge in [-0.3, -0.25) is 15.5 Å². The zero-order chi connectivity index (χ0) is 19.4. The summed E-state index contributed by atoms with van der Waals surface area (Å²) in [5.41, 5.74) is 1.66. The van der Waals surface area contributed by atoms with E-state index in [4.69, 9.17) is 4.42 Å². The van der Waals surface area contributed by atoms with Gasteiger partial charge in [0.2, 0.25) is 5.82 Å². The van der Waals surface area contributed by atoms with Crippen molar-refractivity contribution in [2.45, 2.75) is 6.18 Å². The van der Waals surface area contributed by atoms with Gasteiger partial charge in [0.05, 0.1) is 16.7 Å². The second-order valence-corrected chi connectivity index (χ2v) is 5.28. The Kier molecular flexibility index (Phi) is 4.88. The molecule has 1 aromatic carbocycles. The van der Waals surface area contributed by atoms with Gasteiger partial charge in [-0.15, -0.1) is 0 Å². The first kappa shape index (κ1) is 18.1. The van der Waals surface area contributed by atoms with Crippen molar-refractivity contribution in [1.82, 2.24) is 4.98 Å². The minimum atomic E-state index is -4.45. The summed E-state index contributed by atoms with van der Waals surface area (Å²) in [5, 5.41) is 14.7. The Morgan fingerprint density at radius 3 is 2.74 bits per heavy atom. The minimum absolute atomic E-state index is 0.0524. The predicted octanol–water partition coefficient (Wildman–Crippen LogP) is 4.71. The number of rotatable bonds is 5. The van der Waals surface area contributed by atoms with Gasteiger partial charge < -0.3 is 4.42 Å². The van der Waals surface area contributed by atoms with Crippen molar-refractivity contribution >= 4 is 17.7 Å². The Balaban J connectivity index is 1.76. The standard InChI is InChI=1S/C17H11F3N4O3/c18-17(19,20)12-4-1-3-11(9-12)15-7-6-13(27-15)10-22-23-16-14(24(25)26)5-2-8-21-16/h1-10H,(H,21,23)/b22-10-. The molecule has 0 saturated carbocycles. The fraction of sp³-hybridized carbons (Fsp3) is 0.0588. The van der Waals surface area contributed by atoms with Crippen molar-refractivity contribution in [3.63, 3.8) is 0 Å². The number of furan rings is 1. The maximum absolute atomic E-state index is 12.8. The lowest BCUT2D eigenvalue weighted by Crippen LogP contribution is -2.04. The summed E-state index contributed by atoms with van der Waals surface area (Å²) < 4.78 is 43.8. The predicted molar refractivity (Wildman–Crippen MR) is 91.3 cm³/mol. The summed E-state index contributed by atoms with van der Waals surface area (Å²) in [6.07, 6.45) is -1.85. The van der Waals surface area contributed by atoms with Crippen LogP contribution in [-0.4, -0.2) is 16.1 Å². The van der Waals surface area contributed by atoms with Gasteiger partial charge in [-0.1, -0.05) is 12.1 Å². The molecule has 7 nitrogen and oxygen atoms in total. The van der Waals surface area contributed by atoms with Crippen LogP contribution in [0.25, 0.3) is 11.3 Å². The van der Waals surface area contributed by atoms with Crippen LogP contribution in [0.5, 0.6) is 0 Å². The maximum atomic E-state index is 12.8. The molecule has 0 fully saturated rings. The molecular formula is C17H11F3N4O3. The molecule has 0 amide bonds. The highest BCUT2D eigenvalue weighted by Crippen LogP contribution is 2.32. The lowest BCUT2D eigenvalue weighted by Gasteiger charge is -2.07. The van der Waals surface area contributed by atoms with Gasteiger partial charge in [0.25, 0.3) is 0 Å². The molecule has 0 aliphatic heterocycles. The molecule has 0 atom stereocenters. The summed E-state index contributed by atoms with van der Waals surface area (Å²) in [7, 11) is 0. The summed E-state index contributed by atoms with van der Waals surface area (Å²) in [4.78, 5) is 14.1. The molecule has 2 aromatic heterocycles. The molecule has 3 aromatic rings. The Morgan fingerprint density at radius 1 is 1.19 bits per heavy atom. The summed E-state index contributed by atoms with van der Waals surface area (Å²) in [5.74, 6) is 0.420. The number of hydrazone groups is 1. The van der Waals surface area contributed by atoms with Gasteiger partial charge in [0.15, 0.2) is 0 Å². The van der Waals surface area contributed by atoms with Crippen LogP contribution in [0.4, 0.5) is 24.7 Å². The molecule has 2 heterocycles. The van der Waals surface area contributed by atoms with Crippen LogP contribution < -0.4 is 5.43 Å². The largest absolute Gasteiger partial charge is 0.455 e. The fourth-order valence-electron chi connectivity index (χ4n) is 2.21. The number of hydrogen-bond acceptors (Lipinski definition) is 6. The third-order valence-corrected chi connectivity index (χ3v) is 3.45. The molecular weight excluding hydrogens is 365 g/mol. The van der Waals surface area contributed by atoms with E-state index in [0.717, 1.165) is 12.1 Å². The molecule has 0 saturated heterocycles. The minimum Gasteiger partial charge on any atom is -0.455 e. The van der Waals surface area contributed by atoms with Crippen LogP contribution in [0.3, 0.4) is 0 Å². The van der Waals surface area contributed by atoms with Crippen LogP contribution in [0.2, 0.25) is 0 Å². The molecule has 3 rings (SSSR count). The summed E-state index contributed by atoms with van der Waals surface area (Å²) >= 11 is 0. The first-order valence-corrected chi connectivity index (χ1v) is 7.50. The van der Waals surface area contributed by atoms with Gasteiger partial charge in [0, 0.05) is 17.8 Å². The van der Waals surface area contributed by atoms with Gasteiger partial charge in [-0.25, -0.2) is 4.98 Å². The van der Waals surface area contributed by atoms with Crippen molar-refractivity contribution < 1.29 is 22.5 Å². The van der Waals surface area contributed by atoms with E-state index in [0.29, 0.717) is 0 Å². The lowest BCUT2D eigenvalue weighted by atomic mass is 10.1. The van der Waals surface area contributed by atoms with E-state index >= 15 is 0 Å². The van der Waals surface area contributed by atoms with Crippen molar-refractivity contribution in [1.29, 1.82) is 0 Å². The molecule has 0 unspecified atom stereocenters. The third-order valence-electron chi connectivity index (χ3n) is 3.45. The van der Waals surface area contributed by atoms with Crippen LogP contribution in [-0.2, 0) is 6.18 Å². The molecule has 0 aliphatic carbocycles. The van der Waals surface area contributed by atoms with E-state index in [1.54, 1.807) is 0 Å². The third kappa shape index (κ3) is 4.29. The average molecular weight is 376 g/mol. The Hall–Kier alpha value is -3.69. The number of nitrogens with zero attached hydrogens (tertiary/aromatic N) is 3. The van der Waals surface area contributed by atoms with E-state index in [9.17, 15) is 23.3 Å². The number of benzene rings is 1. The fourth-order valence-corrected chi connectivity index (χ4v) is 2.21. The number of anilines is 1. The van der Waals surface area contributed by atoms with Gasteiger partial charge in [-0.05, 0) is 30.3 Å². The quantitative estimate of drug-likeness (QED) is 0.395. The van der Waals surface area contributed by atoms with E-state index < -0.39 is 16.7 Å². The molecule has 138 valence electrons. The number of pyridine rings is 1. The van der Waals surface area contributed by atoms with Gasteiger partial charge >= 0.3 is 11.9 Å². The highest BCUT2D eigenvalue weighted by atomic mass is 19.4. The Morgan fingerprint density at radius 2 is 2.00 bits per heavy atom. The topological polar surface area (TPSA) is 93.6 Å². The van der Waals surface area contributed by atoms with Crippen LogP contribution in [0, 0.1) is 10.1 Å². The normalized spacial score (nSPS) is 11.7. The van der Waals surface area contributed by atoms with E-state index in [2.05, 4.69) is 15.5 Å². The molecule has 0 spiro atoms. The highest BCUT2D eigenvalue weighted by Gasteiger charge is 2.30. The molecule has 0 radical (unpaired) electrons. The van der Waals surface area contributed by atoms with E-state index in [1.807, 2.05) is 0 Å². The van der Waals surface area contributed by atoms with Crippen molar-refractivity contribution in [3.8, 4) is 11.3 Å². The number of halogens is 3. The Bertz CT molecular complexity index is 999. The first-order chi connectivity index (χ1) is 12.8. The number of alkyl halides is 3. The summed E-state index contributed by atoms with van der Waals surface area (Å²) in [6, 6.07) is 10.4. The molecule has 0 aliphatic rings. The zero-order valence-electron chi connectivity index (χ0n) is 13.5. The van der Waals surface area contributed by atoms with Crippen molar-refractivity contribution in [2.24, 2.45) is 5.10 Å². The lowest BCUT2D eigenvalue weighted by molar-refractivity contribution is -0.384. The molecule has 10 heteroatoms.